The minimum Gasteiger partial charge on any atom is -0.425 e. The maximum atomic E-state index is 12.5. The van der Waals surface area contributed by atoms with E-state index in [2.05, 4.69) is 20.2 Å². The number of amides is 1. The van der Waals surface area contributed by atoms with Gasteiger partial charge in [0.05, 0.1) is 5.69 Å². The highest BCUT2D eigenvalue weighted by Crippen LogP contribution is 2.25. The molecule has 0 aliphatic carbocycles. The van der Waals surface area contributed by atoms with Crippen LogP contribution in [0.1, 0.15) is 62.4 Å². The highest BCUT2D eigenvalue weighted by Gasteiger charge is 2.25. The number of rotatable bonds is 5. The Bertz CT molecular complexity index is 671. The number of piperidine rings is 1. The van der Waals surface area contributed by atoms with Crippen LogP contribution in [-0.2, 0) is 11.2 Å². The lowest BCUT2D eigenvalue weighted by Gasteiger charge is -2.32. The predicted molar refractivity (Wildman–Crippen MR) is 87.3 cm³/mol. The average molecular weight is 329 g/mol. The molecular formula is C17H23N5O2. The fourth-order valence-corrected chi connectivity index (χ4v) is 2.94. The maximum Gasteiger partial charge on any atom is 0.223 e. The van der Waals surface area contributed by atoms with Crippen LogP contribution in [0.15, 0.2) is 23.0 Å². The molecule has 0 unspecified atom stereocenters. The van der Waals surface area contributed by atoms with E-state index in [9.17, 15) is 4.79 Å². The fourth-order valence-electron chi connectivity index (χ4n) is 2.94. The monoisotopic (exact) mass is 329 g/mol. The van der Waals surface area contributed by atoms with Crippen molar-refractivity contribution in [1.82, 2.24) is 25.1 Å². The van der Waals surface area contributed by atoms with Gasteiger partial charge < -0.3 is 9.32 Å². The first kappa shape index (κ1) is 16.5. The third-order valence-corrected chi connectivity index (χ3v) is 4.30. The quantitative estimate of drug-likeness (QED) is 0.837. The molecule has 1 atom stereocenters. The third-order valence-electron chi connectivity index (χ3n) is 4.30. The van der Waals surface area contributed by atoms with E-state index in [0.717, 1.165) is 25.1 Å². The molecule has 24 heavy (non-hydrogen) atoms. The van der Waals surface area contributed by atoms with Crippen molar-refractivity contribution in [1.29, 1.82) is 0 Å². The van der Waals surface area contributed by atoms with Crippen LogP contribution in [-0.4, -0.2) is 44.1 Å². The summed E-state index contributed by atoms with van der Waals surface area (Å²) in [6.07, 6.45) is 8.10. The van der Waals surface area contributed by atoms with Crippen molar-refractivity contribution in [3.05, 3.63) is 36.1 Å². The Kier molecular flexibility index (Phi) is 5.17. The largest absolute Gasteiger partial charge is 0.425 e. The van der Waals surface area contributed by atoms with Gasteiger partial charge in [-0.25, -0.2) is 0 Å². The minimum absolute atomic E-state index is 0.132. The molecule has 0 spiro atoms. The molecule has 7 heteroatoms. The molecule has 128 valence electrons. The van der Waals surface area contributed by atoms with E-state index < -0.39 is 0 Å². The van der Waals surface area contributed by atoms with Gasteiger partial charge in [-0.05, 0) is 12.8 Å². The molecule has 2 aromatic heterocycles. The van der Waals surface area contributed by atoms with Crippen molar-refractivity contribution in [3.63, 3.8) is 0 Å². The number of carbonyl (C=O) groups excluding carboxylic acids is 1. The van der Waals surface area contributed by atoms with Crippen LogP contribution in [0.4, 0.5) is 0 Å². The fraction of sp³-hybridized carbons (Fsp3) is 0.588. The second-order valence-electron chi connectivity index (χ2n) is 6.50. The molecule has 3 rings (SSSR count). The van der Waals surface area contributed by atoms with Gasteiger partial charge in [0.1, 0.15) is 0 Å². The predicted octanol–water partition coefficient (Wildman–Crippen LogP) is 2.32. The topological polar surface area (TPSA) is 85.0 Å². The van der Waals surface area contributed by atoms with Crippen molar-refractivity contribution >= 4 is 5.91 Å². The summed E-state index contributed by atoms with van der Waals surface area (Å²) in [6.45, 7) is 5.51. The summed E-state index contributed by atoms with van der Waals surface area (Å²) in [5.41, 5.74) is 0.966. The Morgan fingerprint density at radius 2 is 2.25 bits per heavy atom. The molecule has 0 saturated carbocycles. The molecule has 7 nitrogen and oxygen atoms in total. The van der Waals surface area contributed by atoms with E-state index in [1.54, 1.807) is 18.6 Å². The first-order valence-electron chi connectivity index (χ1n) is 8.49. The number of aryl methyl sites for hydroxylation is 1. The Balaban J connectivity index is 1.54. The van der Waals surface area contributed by atoms with Crippen LogP contribution in [0.5, 0.6) is 0 Å². The lowest BCUT2D eigenvalue weighted by Crippen LogP contribution is -2.39. The zero-order valence-electron chi connectivity index (χ0n) is 14.2. The first-order chi connectivity index (χ1) is 11.6. The van der Waals surface area contributed by atoms with Gasteiger partial charge in [0, 0.05) is 56.4 Å². The van der Waals surface area contributed by atoms with E-state index in [-0.39, 0.29) is 17.7 Å². The molecule has 3 heterocycles. The molecular weight excluding hydrogens is 306 g/mol. The smallest absolute Gasteiger partial charge is 0.223 e. The summed E-state index contributed by atoms with van der Waals surface area (Å²) in [4.78, 5) is 22.9. The average Bonchev–Trinajstić information content (AvgIpc) is 3.10. The van der Waals surface area contributed by atoms with E-state index in [1.807, 2.05) is 18.7 Å². The number of carbonyl (C=O) groups is 1. The summed E-state index contributed by atoms with van der Waals surface area (Å²) >= 11 is 0. The van der Waals surface area contributed by atoms with Gasteiger partial charge in [-0.2, -0.15) is 0 Å². The Labute approximate surface area is 141 Å². The molecule has 1 aliphatic rings. The van der Waals surface area contributed by atoms with Crippen LogP contribution in [0.25, 0.3) is 0 Å². The van der Waals surface area contributed by atoms with E-state index in [4.69, 9.17) is 4.42 Å². The first-order valence-corrected chi connectivity index (χ1v) is 8.49. The van der Waals surface area contributed by atoms with Crippen LogP contribution in [0.3, 0.4) is 0 Å². The van der Waals surface area contributed by atoms with Gasteiger partial charge in [-0.1, -0.05) is 13.8 Å². The van der Waals surface area contributed by atoms with E-state index in [0.29, 0.717) is 31.2 Å². The van der Waals surface area contributed by atoms with Gasteiger partial charge in [0.15, 0.2) is 0 Å². The van der Waals surface area contributed by atoms with Crippen molar-refractivity contribution in [3.8, 4) is 0 Å². The van der Waals surface area contributed by atoms with Crippen molar-refractivity contribution in [2.24, 2.45) is 0 Å². The second kappa shape index (κ2) is 7.51. The zero-order valence-corrected chi connectivity index (χ0v) is 14.2. The summed E-state index contributed by atoms with van der Waals surface area (Å²) in [5, 5.41) is 8.01. The van der Waals surface area contributed by atoms with Gasteiger partial charge in [-0.15, -0.1) is 10.2 Å². The number of hydrogen-bond donors (Lipinski definition) is 0. The Morgan fingerprint density at radius 3 is 2.96 bits per heavy atom. The number of aromatic nitrogens is 4. The molecule has 1 aliphatic heterocycles. The second-order valence-corrected chi connectivity index (χ2v) is 6.50. The van der Waals surface area contributed by atoms with Crippen molar-refractivity contribution in [2.45, 2.75) is 51.4 Å². The lowest BCUT2D eigenvalue weighted by atomic mass is 9.95. The highest BCUT2D eigenvalue weighted by molar-refractivity contribution is 5.76. The summed E-state index contributed by atoms with van der Waals surface area (Å²) in [7, 11) is 0. The van der Waals surface area contributed by atoms with Crippen LogP contribution < -0.4 is 0 Å². The number of likely N-dealkylation sites (tertiary alicyclic amines) is 1. The minimum atomic E-state index is 0.132. The standard InChI is InChI=1S/C17H23N5O2/c1-12(2)17-21-20-15(24-17)5-6-16(23)22-9-3-4-13(11-22)14-10-18-7-8-19-14/h7-8,10,12-13H,3-6,9,11H2,1-2H3/t13-/m1/s1. The molecule has 1 fully saturated rings. The van der Waals surface area contributed by atoms with E-state index >= 15 is 0 Å². The molecule has 0 aromatic carbocycles. The molecule has 0 radical (unpaired) electrons. The summed E-state index contributed by atoms with van der Waals surface area (Å²) in [6, 6.07) is 0. The van der Waals surface area contributed by atoms with Crippen molar-refractivity contribution in [2.75, 3.05) is 13.1 Å². The van der Waals surface area contributed by atoms with Gasteiger partial charge in [0.2, 0.25) is 17.7 Å². The Hall–Kier alpha value is -2.31. The van der Waals surface area contributed by atoms with Crippen LogP contribution >= 0.6 is 0 Å². The number of nitrogens with zero attached hydrogens (tertiary/aromatic N) is 5. The van der Waals surface area contributed by atoms with Crippen molar-refractivity contribution < 1.29 is 9.21 Å². The third kappa shape index (κ3) is 3.96. The maximum absolute atomic E-state index is 12.5. The molecule has 0 bridgehead atoms. The SMILES string of the molecule is CC(C)c1nnc(CCC(=O)N2CCC[C@@H](c3cnccn3)C2)o1. The van der Waals surface area contributed by atoms with Gasteiger partial charge >= 0.3 is 0 Å². The van der Waals surface area contributed by atoms with Gasteiger partial charge in [-0.3, -0.25) is 14.8 Å². The highest BCUT2D eigenvalue weighted by atomic mass is 16.4. The normalized spacial score (nSPS) is 18.1. The molecule has 0 N–H and O–H groups in total. The summed E-state index contributed by atoms with van der Waals surface area (Å²) < 4.78 is 5.56. The van der Waals surface area contributed by atoms with Crippen LogP contribution in [0, 0.1) is 0 Å². The van der Waals surface area contributed by atoms with E-state index in [1.165, 1.54) is 0 Å². The molecule has 2 aromatic rings. The lowest BCUT2D eigenvalue weighted by molar-refractivity contribution is -0.132. The van der Waals surface area contributed by atoms with Crippen LogP contribution in [0.2, 0.25) is 0 Å². The summed E-state index contributed by atoms with van der Waals surface area (Å²) in [5.74, 6) is 1.77. The molecule has 1 amide bonds. The Morgan fingerprint density at radius 1 is 1.38 bits per heavy atom. The molecule has 1 saturated heterocycles. The zero-order chi connectivity index (χ0) is 16.9. The van der Waals surface area contributed by atoms with Gasteiger partial charge in [0.25, 0.3) is 0 Å². The number of hydrogen-bond acceptors (Lipinski definition) is 6.